The summed E-state index contributed by atoms with van der Waals surface area (Å²) < 4.78 is 1.89. The van der Waals surface area contributed by atoms with Gasteiger partial charge in [-0.3, -0.25) is 4.68 Å². The Balaban J connectivity index is 2.19. The summed E-state index contributed by atoms with van der Waals surface area (Å²) in [7, 11) is 3.96. The lowest BCUT2D eigenvalue weighted by Crippen LogP contribution is -2.18. The third-order valence-corrected chi connectivity index (χ3v) is 2.91. The first-order valence-corrected chi connectivity index (χ1v) is 5.81. The Hall–Kier alpha value is -2.28. The van der Waals surface area contributed by atoms with Crippen LogP contribution in [0.4, 0.5) is 5.69 Å². The van der Waals surface area contributed by atoms with Gasteiger partial charge in [-0.25, -0.2) is 0 Å². The van der Waals surface area contributed by atoms with Crippen LogP contribution >= 0.6 is 0 Å². The molecule has 1 heterocycles. The highest BCUT2D eigenvalue weighted by molar-refractivity contribution is 5.51. The van der Waals surface area contributed by atoms with Gasteiger partial charge >= 0.3 is 0 Å². The Labute approximate surface area is 107 Å². The van der Waals surface area contributed by atoms with Crippen LogP contribution in [0.1, 0.15) is 17.0 Å². The number of rotatable bonds is 3. The van der Waals surface area contributed by atoms with Crippen LogP contribution in [0.25, 0.3) is 0 Å². The molecule has 0 unspecified atom stereocenters. The summed E-state index contributed by atoms with van der Waals surface area (Å²) in [6.45, 7) is 2.76. The van der Waals surface area contributed by atoms with E-state index < -0.39 is 0 Å². The molecular weight excluding hydrogens is 224 g/mol. The topological polar surface area (TPSA) is 44.9 Å². The molecule has 0 atom stereocenters. The Morgan fingerprint density at radius 3 is 2.78 bits per heavy atom. The molecule has 1 aromatic heterocycles. The number of nitrogens with zero attached hydrogens (tertiary/aromatic N) is 4. The molecule has 0 N–H and O–H groups in total. The van der Waals surface area contributed by atoms with Crippen molar-refractivity contribution >= 4 is 5.69 Å². The fourth-order valence-electron chi connectivity index (χ4n) is 1.96. The van der Waals surface area contributed by atoms with Crippen LogP contribution in [0.2, 0.25) is 0 Å². The summed E-state index contributed by atoms with van der Waals surface area (Å²) in [5.41, 5.74) is 3.89. The van der Waals surface area contributed by atoms with Crippen molar-refractivity contribution in [2.24, 2.45) is 7.05 Å². The first-order chi connectivity index (χ1) is 8.60. The summed E-state index contributed by atoms with van der Waals surface area (Å²) in [5.74, 6) is 0. The number of aromatic nitrogens is 2. The van der Waals surface area contributed by atoms with E-state index in [9.17, 15) is 0 Å². The van der Waals surface area contributed by atoms with Gasteiger partial charge in [0.25, 0.3) is 0 Å². The number of hydrogen-bond donors (Lipinski definition) is 0. The summed E-state index contributed by atoms with van der Waals surface area (Å²) in [6.07, 6.45) is 0. The minimum Gasteiger partial charge on any atom is -0.369 e. The second-order valence-corrected chi connectivity index (χ2v) is 4.42. The van der Waals surface area contributed by atoms with E-state index in [1.807, 2.05) is 50.0 Å². The predicted molar refractivity (Wildman–Crippen MR) is 71.2 cm³/mol. The average Bonchev–Trinajstić information content (AvgIpc) is 2.68. The zero-order valence-corrected chi connectivity index (χ0v) is 10.9. The normalized spacial score (nSPS) is 10.1. The van der Waals surface area contributed by atoms with Crippen molar-refractivity contribution in [3.63, 3.8) is 0 Å². The van der Waals surface area contributed by atoms with E-state index in [4.69, 9.17) is 5.26 Å². The van der Waals surface area contributed by atoms with Crippen molar-refractivity contribution < 1.29 is 0 Å². The van der Waals surface area contributed by atoms with Gasteiger partial charge in [-0.05, 0) is 31.2 Å². The summed E-state index contributed by atoms with van der Waals surface area (Å²) in [5, 5.41) is 13.2. The second-order valence-electron chi connectivity index (χ2n) is 4.42. The molecule has 0 spiro atoms. The van der Waals surface area contributed by atoms with Gasteiger partial charge in [0.15, 0.2) is 0 Å². The quantitative estimate of drug-likeness (QED) is 0.826. The van der Waals surface area contributed by atoms with Crippen LogP contribution in [-0.4, -0.2) is 16.8 Å². The number of hydrogen-bond acceptors (Lipinski definition) is 3. The van der Waals surface area contributed by atoms with Crippen LogP contribution in [0.5, 0.6) is 0 Å². The molecule has 0 saturated heterocycles. The minimum absolute atomic E-state index is 0.681. The maximum absolute atomic E-state index is 8.90. The Morgan fingerprint density at radius 2 is 2.17 bits per heavy atom. The lowest BCUT2D eigenvalue weighted by atomic mass is 10.2. The van der Waals surface area contributed by atoms with Crippen LogP contribution in [0, 0.1) is 18.3 Å². The first-order valence-electron chi connectivity index (χ1n) is 5.81. The molecule has 0 radical (unpaired) electrons. The zero-order valence-electron chi connectivity index (χ0n) is 10.9. The van der Waals surface area contributed by atoms with E-state index in [1.54, 1.807) is 0 Å². The molecule has 0 amide bonds. The largest absolute Gasteiger partial charge is 0.369 e. The standard InChI is InChI=1S/C14H16N4/c1-11-7-14(18(3)16-11)10-17(2)13-6-4-5-12(8-13)9-15/h4-8H,10H2,1-3H3. The van der Waals surface area contributed by atoms with Crippen molar-refractivity contribution in [3.8, 4) is 6.07 Å². The molecule has 0 fully saturated rings. The first kappa shape index (κ1) is 12.2. The zero-order chi connectivity index (χ0) is 13.1. The molecule has 4 nitrogen and oxygen atoms in total. The molecule has 0 aliphatic carbocycles. The third kappa shape index (κ3) is 2.51. The van der Waals surface area contributed by atoms with Gasteiger partial charge in [0.05, 0.1) is 29.6 Å². The van der Waals surface area contributed by atoms with Gasteiger partial charge in [-0.15, -0.1) is 0 Å². The molecule has 92 valence electrons. The lowest BCUT2D eigenvalue weighted by Gasteiger charge is -2.19. The summed E-state index contributed by atoms with van der Waals surface area (Å²) >= 11 is 0. The maximum Gasteiger partial charge on any atom is 0.0992 e. The SMILES string of the molecule is Cc1cc(CN(C)c2cccc(C#N)c2)n(C)n1. The molecular formula is C14H16N4. The van der Waals surface area contributed by atoms with Crippen molar-refractivity contribution in [2.75, 3.05) is 11.9 Å². The third-order valence-electron chi connectivity index (χ3n) is 2.91. The summed E-state index contributed by atoms with van der Waals surface area (Å²) in [4.78, 5) is 2.11. The van der Waals surface area contributed by atoms with Crippen molar-refractivity contribution in [1.29, 1.82) is 5.26 Å². The van der Waals surface area contributed by atoms with Crippen LogP contribution < -0.4 is 4.90 Å². The molecule has 0 bridgehead atoms. The lowest BCUT2D eigenvalue weighted by molar-refractivity contribution is 0.694. The fraction of sp³-hybridized carbons (Fsp3) is 0.286. The Morgan fingerprint density at radius 1 is 1.39 bits per heavy atom. The number of nitriles is 1. The Kier molecular flexibility index (Phi) is 3.33. The van der Waals surface area contributed by atoms with Crippen molar-refractivity contribution in [3.05, 3.63) is 47.3 Å². The van der Waals surface area contributed by atoms with Gasteiger partial charge in [0.2, 0.25) is 0 Å². The van der Waals surface area contributed by atoms with E-state index in [2.05, 4.69) is 22.1 Å². The molecule has 0 saturated carbocycles. The van der Waals surface area contributed by atoms with E-state index in [-0.39, 0.29) is 0 Å². The number of benzene rings is 1. The molecule has 2 rings (SSSR count). The minimum atomic E-state index is 0.681. The maximum atomic E-state index is 8.90. The van der Waals surface area contributed by atoms with Gasteiger partial charge in [0.1, 0.15) is 0 Å². The number of aryl methyl sites for hydroxylation is 2. The van der Waals surface area contributed by atoms with Gasteiger partial charge < -0.3 is 4.90 Å². The van der Waals surface area contributed by atoms with Gasteiger partial charge in [0, 0.05) is 19.8 Å². The highest BCUT2D eigenvalue weighted by Gasteiger charge is 2.07. The van der Waals surface area contributed by atoms with Gasteiger partial charge in [-0.2, -0.15) is 10.4 Å². The highest BCUT2D eigenvalue weighted by atomic mass is 15.3. The van der Waals surface area contributed by atoms with Crippen LogP contribution in [-0.2, 0) is 13.6 Å². The molecule has 4 heteroatoms. The molecule has 0 aliphatic rings. The van der Waals surface area contributed by atoms with E-state index in [1.165, 1.54) is 0 Å². The van der Waals surface area contributed by atoms with E-state index in [0.717, 1.165) is 23.6 Å². The fourth-order valence-corrected chi connectivity index (χ4v) is 1.96. The molecule has 0 aliphatic heterocycles. The van der Waals surface area contributed by atoms with Crippen LogP contribution in [0.3, 0.4) is 0 Å². The highest BCUT2D eigenvalue weighted by Crippen LogP contribution is 2.17. The summed E-state index contributed by atoms with van der Waals surface area (Å²) in [6, 6.07) is 11.8. The second kappa shape index (κ2) is 4.92. The monoisotopic (exact) mass is 240 g/mol. The predicted octanol–water partition coefficient (Wildman–Crippen LogP) is 2.24. The average molecular weight is 240 g/mol. The smallest absolute Gasteiger partial charge is 0.0992 e. The Bertz CT molecular complexity index is 592. The van der Waals surface area contributed by atoms with E-state index in [0.29, 0.717) is 5.56 Å². The van der Waals surface area contributed by atoms with Crippen molar-refractivity contribution in [1.82, 2.24) is 9.78 Å². The molecule has 2 aromatic rings. The van der Waals surface area contributed by atoms with Crippen LogP contribution in [0.15, 0.2) is 30.3 Å². The molecule has 18 heavy (non-hydrogen) atoms. The number of anilines is 1. The van der Waals surface area contributed by atoms with Gasteiger partial charge in [-0.1, -0.05) is 6.07 Å². The van der Waals surface area contributed by atoms with Crippen molar-refractivity contribution in [2.45, 2.75) is 13.5 Å². The molecule has 1 aromatic carbocycles. The van der Waals surface area contributed by atoms with E-state index >= 15 is 0 Å².